The van der Waals surface area contributed by atoms with Crippen molar-refractivity contribution in [2.24, 2.45) is 0 Å². The fourth-order valence-corrected chi connectivity index (χ4v) is 2.80. The van der Waals surface area contributed by atoms with Crippen LogP contribution in [0, 0.1) is 0 Å². The molecule has 2 rings (SSSR count). The van der Waals surface area contributed by atoms with Crippen LogP contribution in [0.15, 0.2) is 19.4 Å². The highest BCUT2D eigenvalue weighted by Gasteiger charge is 2.08. The number of nitrogens with one attached hydrogen (secondary N) is 1. The van der Waals surface area contributed by atoms with Crippen LogP contribution in [0.2, 0.25) is 0 Å². The fourth-order valence-electron chi connectivity index (χ4n) is 1.30. The third-order valence-electron chi connectivity index (χ3n) is 1.94. The van der Waals surface area contributed by atoms with Gasteiger partial charge in [0.15, 0.2) is 0 Å². The molecule has 0 aromatic carbocycles. The molecule has 4 nitrogen and oxygen atoms in total. The molecule has 0 aliphatic heterocycles. The minimum absolute atomic E-state index is 0.220. The van der Waals surface area contributed by atoms with Crippen molar-refractivity contribution >= 4 is 37.5 Å². The highest BCUT2D eigenvalue weighted by molar-refractivity contribution is 9.11. The lowest BCUT2D eigenvalue weighted by Gasteiger charge is -1.98. The van der Waals surface area contributed by atoms with Crippen molar-refractivity contribution in [1.29, 1.82) is 0 Å². The van der Waals surface area contributed by atoms with Crippen molar-refractivity contribution in [3.05, 3.63) is 30.7 Å². The molecule has 0 atom stereocenters. The molecule has 2 aromatic heterocycles. The van der Waals surface area contributed by atoms with Gasteiger partial charge in [-0.1, -0.05) is 0 Å². The number of H-pyrrole nitrogens is 1. The zero-order valence-corrected chi connectivity index (χ0v) is 9.74. The summed E-state index contributed by atoms with van der Waals surface area (Å²) >= 11 is 4.61. The smallest absolute Gasteiger partial charge is 0.306 e. The summed E-state index contributed by atoms with van der Waals surface area (Å²) in [6.45, 7) is 2.16. The van der Waals surface area contributed by atoms with Crippen LogP contribution in [-0.2, 0) is 6.54 Å². The van der Waals surface area contributed by atoms with E-state index in [1.165, 1.54) is 15.9 Å². The first kappa shape index (κ1) is 9.67. The highest BCUT2D eigenvalue weighted by atomic mass is 79.9. The van der Waals surface area contributed by atoms with Crippen LogP contribution in [0.25, 0.3) is 10.2 Å². The zero-order chi connectivity index (χ0) is 10.3. The molecule has 0 unspecified atom stereocenters. The summed E-state index contributed by atoms with van der Waals surface area (Å²) in [5, 5.41) is 0. The van der Waals surface area contributed by atoms with Gasteiger partial charge in [-0.15, -0.1) is 11.3 Å². The quantitative estimate of drug-likeness (QED) is 0.858. The Balaban J connectivity index is 3.00. The first-order valence-electron chi connectivity index (χ1n) is 4.05. The van der Waals surface area contributed by atoms with Gasteiger partial charge in [0.1, 0.15) is 4.70 Å². The van der Waals surface area contributed by atoms with Crippen molar-refractivity contribution in [1.82, 2.24) is 9.55 Å². The molecule has 14 heavy (non-hydrogen) atoms. The molecular weight excluding hydrogens is 268 g/mol. The van der Waals surface area contributed by atoms with Crippen molar-refractivity contribution in [2.75, 3.05) is 0 Å². The number of hydrogen-bond donors (Lipinski definition) is 1. The lowest BCUT2D eigenvalue weighted by Crippen LogP contribution is -2.33. The van der Waals surface area contributed by atoms with Crippen LogP contribution in [0.1, 0.15) is 6.92 Å². The van der Waals surface area contributed by atoms with Gasteiger partial charge in [-0.25, -0.2) is 4.79 Å². The molecule has 0 aliphatic rings. The number of fused-ring (bicyclic) bond motifs is 1. The van der Waals surface area contributed by atoms with Gasteiger partial charge in [0.05, 0.1) is 9.30 Å². The average Bonchev–Trinajstić information content (AvgIpc) is 2.47. The van der Waals surface area contributed by atoms with E-state index in [2.05, 4.69) is 20.9 Å². The van der Waals surface area contributed by atoms with E-state index >= 15 is 0 Å². The Morgan fingerprint density at radius 1 is 1.57 bits per heavy atom. The van der Waals surface area contributed by atoms with Crippen LogP contribution < -0.4 is 11.2 Å². The number of halogens is 1. The minimum Gasteiger partial charge on any atom is -0.306 e. The summed E-state index contributed by atoms with van der Waals surface area (Å²) in [7, 11) is 0. The molecule has 0 saturated carbocycles. The summed E-state index contributed by atoms with van der Waals surface area (Å²) in [6.07, 6.45) is 0. The molecule has 0 saturated heterocycles. The molecule has 0 amide bonds. The molecule has 0 radical (unpaired) electrons. The first-order chi connectivity index (χ1) is 6.63. The maximum Gasteiger partial charge on any atom is 0.328 e. The number of aromatic nitrogens is 2. The lowest BCUT2D eigenvalue weighted by molar-refractivity contribution is 0.685. The van der Waals surface area contributed by atoms with Gasteiger partial charge in [0, 0.05) is 6.54 Å². The SMILES string of the molecule is CCn1c(=O)[nH]c2cc(Br)sc2c1=O. The van der Waals surface area contributed by atoms with Gasteiger partial charge in [-0.05, 0) is 28.9 Å². The Labute approximate surface area is 91.3 Å². The third kappa shape index (κ3) is 1.34. The second kappa shape index (κ2) is 3.36. The summed E-state index contributed by atoms with van der Waals surface area (Å²) < 4.78 is 2.61. The molecule has 6 heteroatoms. The predicted molar refractivity (Wildman–Crippen MR) is 60.1 cm³/mol. The summed E-state index contributed by atoms with van der Waals surface area (Å²) in [5.74, 6) is 0. The van der Waals surface area contributed by atoms with E-state index < -0.39 is 0 Å². The van der Waals surface area contributed by atoms with Crippen molar-refractivity contribution in [3.63, 3.8) is 0 Å². The highest BCUT2D eigenvalue weighted by Crippen LogP contribution is 2.24. The topological polar surface area (TPSA) is 54.9 Å². The summed E-state index contributed by atoms with van der Waals surface area (Å²) in [6, 6.07) is 1.74. The van der Waals surface area contributed by atoms with Gasteiger partial charge in [0.25, 0.3) is 5.56 Å². The van der Waals surface area contributed by atoms with Crippen LogP contribution in [0.5, 0.6) is 0 Å². The molecule has 2 aromatic rings. The van der Waals surface area contributed by atoms with E-state index in [1.807, 2.05) is 0 Å². The van der Waals surface area contributed by atoms with Crippen LogP contribution in [-0.4, -0.2) is 9.55 Å². The van der Waals surface area contributed by atoms with Crippen molar-refractivity contribution < 1.29 is 0 Å². The Hall–Kier alpha value is -0.880. The average molecular weight is 275 g/mol. The van der Waals surface area contributed by atoms with Gasteiger partial charge in [-0.2, -0.15) is 0 Å². The zero-order valence-electron chi connectivity index (χ0n) is 7.33. The van der Waals surface area contributed by atoms with E-state index in [1.54, 1.807) is 13.0 Å². The van der Waals surface area contributed by atoms with Crippen molar-refractivity contribution in [3.8, 4) is 0 Å². The summed E-state index contributed by atoms with van der Waals surface area (Å²) in [5.41, 5.74) is 0.0267. The third-order valence-corrected chi connectivity index (χ3v) is 3.57. The summed E-state index contributed by atoms with van der Waals surface area (Å²) in [4.78, 5) is 25.8. The Morgan fingerprint density at radius 2 is 2.29 bits per heavy atom. The normalized spacial score (nSPS) is 11.0. The standard InChI is InChI=1S/C8H7BrN2O2S/c1-2-11-7(12)6-4(10-8(11)13)3-5(9)14-6/h3H,2H2,1H3,(H,10,13). The van der Waals surface area contributed by atoms with E-state index in [-0.39, 0.29) is 11.2 Å². The Bertz CT molecular complexity index is 595. The largest absolute Gasteiger partial charge is 0.328 e. The van der Waals surface area contributed by atoms with Crippen LogP contribution >= 0.6 is 27.3 Å². The Kier molecular flexibility index (Phi) is 2.32. The van der Waals surface area contributed by atoms with E-state index in [0.29, 0.717) is 16.8 Å². The maximum atomic E-state index is 11.7. The minimum atomic E-state index is -0.352. The fraction of sp³-hybridized carbons (Fsp3) is 0.250. The number of nitrogens with zero attached hydrogens (tertiary/aromatic N) is 1. The lowest BCUT2D eigenvalue weighted by atomic mass is 10.4. The number of hydrogen-bond acceptors (Lipinski definition) is 3. The monoisotopic (exact) mass is 274 g/mol. The Morgan fingerprint density at radius 3 is 2.93 bits per heavy atom. The van der Waals surface area contributed by atoms with Gasteiger partial charge < -0.3 is 4.98 Å². The molecule has 0 spiro atoms. The van der Waals surface area contributed by atoms with E-state index in [0.717, 1.165) is 3.79 Å². The molecule has 0 fully saturated rings. The molecule has 74 valence electrons. The molecule has 1 N–H and O–H groups in total. The predicted octanol–water partition coefficient (Wildman–Crippen LogP) is 1.53. The van der Waals surface area contributed by atoms with E-state index in [4.69, 9.17) is 0 Å². The molecule has 0 aliphatic carbocycles. The van der Waals surface area contributed by atoms with Crippen LogP contribution in [0.3, 0.4) is 0 Å². The maximum absolute atomic E-state index is 11.7. The van der Waals surface area contributed by atoms with Gasteiger partial charge in [-0.3, -0.25) is 9.36 Å². The second-order valence-corrected chi connectivity index (χ2v) is 5.20. The van der Waals surface area contributed by atoms with Gasteiger partial charge >= 0.3 is 5.69 Å². The van der Waals surface area contributed by atoms with Gasteiger partial charge in [0.2, 0.25) is 0 Å². The van der Waals surface area contributed by atoms with Crippen molar-refractivity contribution in [2.45, 2.75) is 13.5 Å². The molecule has 0 bridgehead atoms. The van der Waals surface area contributed by atoms with E-state index in [9.17, 15) is 9.59 Å². The molecule has 2 heterocycles. The number of aromatic amines is 1. The number of rotatable bonds is 1. The van der Waals surface area contributed by atoms with Crippen LogP contribution in [0.4, 0.5) is 0 Å². The number of thiophene rings is 1. The second-order valence-electron chi connectivity index (χ2n) is 2.77. The first-order valence-corrected chi connectivity index (χ1v) is 5.66. The molecular formula is C8H7BrN2O2S.